The molecule has 0 aliphatic carbocycles. The molecule has 0 aliphatic rings. The lowest BCUT2D eigenvalue weighted by molar-refractivity contribution is -0.127. The number of hydrogen-bond acceptors (Lipinski definition) is 4. The summed E-state index contributed by atoms with van der Waals surface area (Å²) in [6.45, 7) is 6.27. The Kier molecular flexibility index (Phi) is 6.02. The molecule has 0 aromatic heterocycles. The molecule has 0 heterocycles. The number of carbonyl (C=O) groups is 2. The second kappa shape index (κ2) is 7.52. The van der Waals surface area contributed by atoms with E-state index in [1.165, 1.54) is 18.2 Å². The average Bonchev–Trinajstić information content (AvgIpc) is 2.37. The maximum Gasteiger partial charge on any atom is 0.339 e. The summed E-state index contributed by atoms with van der Waals surface area (Å²) in [5, 5.41) is 11.8. The molecule has 1 aromatic rings. The summed E-state index contributed by atoms with van der Waals surface area (Å²) in [5.41, 5.74) is 5.97. The van der Waals surface area contributed by atoms with E-state index in [-0.39, 0.29) is 17.2 Å². The highest BCUT2D eigenvalue weighted by Crippen LogP contribution is 2.23. The van der Waals surface area contributed by atoms with Crippen molar-refractivity contribution < 1.29 is 19.4 Å². The number of rotatable bonds is 7. The molecule has 21 heavy (non-hydrogen) atoms. The van der Waals surface area contributed by atoms with Crippen LogP contribution in [0.5, 0.6) is 5.75 Å². The van der Waals surface area contributed by atoms with Crippen molar-refractivity contribution in [3.8, 4) is 5.75 Å². The van der Waals surface area contributed by atoms with Crippen molar-refractivity contribution in [2.75, 3.05) is 12.3 Å². The minimum atomic E-state index is -1.13. The highest BCUT2D eigenvalue weighted by Gasteiger charge is 2.18. The minimum Gasteiger partial charge on any atom is -0.480 e. The summed E-state index contributed by atoms with van der Waals surface area (Å²) in [7, 11) is 0. The molecule has 0 aliphatic heterocycles. The Bertz CT molecular complexity index is 514. The number of carboxylic acid groups (broad SMARTS) is 1. The molecule has 0 bridgehead atoms. The Morgan fingerprint density at radius 3 is 2.57 bits per heavy atom. The van der Waals surface area contributed by atoms with E-state index in [9.17, 15) is 9.59 Å². The summed E-state index contributed by atoms with van der Waals surface area (Å²) < 4.78 is 5.43. The first-order valence-electron chi connectivity index (χ1n) is 6.88. The molecule has 1 unspecified atom stereocenters. The van der Waals surface area contributed by atoms with Gasteiger partial charge in [-0.05, 0) is 31.4 Å². The van der Waals surface area contributed by atoms with Crippen LogP contribution in [0.4, 0.5) is 5.69 Å². The monoisotopic (exact) mass is 294 g/mol. The van der Waals surface area contributed by atoms with Gasteiger partial charge < -0.3 is 20.9 Å². The Balaban J connectivity index is 2.69. The van der Waals surface area contributed by atoms with Crippen LogP contribution in [-0.2, 0) is 4.79 Å². The van der Waals surface area contributed by atoms with Crippen LogP contribution in [0, 0.1) is 5.92 Å². The normalized spacial score (nSPS) is 12.0. The van der Waals surface area contributed by atoms with Gasteiger partial charge in [0, 0.05) is 18.3 Å². The summed E-state index contributed by atoms with van der Waals surface area (Å²) in [6.07, 6.45) is 0.0778. The highest BCUT2D eigenvalue weighted by atomic mass is 16.5. The standard InChI is InChI=1S/C15H22N2O4/c1-9(2)6-7-17-14(18)10(3)21-13-8-11(16)4-5-12(13)15(19)20/h4-5,8-10H,6-7,16H2,1-3H3,(H,17,18)(H,19,20). The number of nitrogens with two attached hydrogens (primary N) is 1. The number of aromatic carboxylic acids is 1. The third kappa shape index (κ3) is 5.33. The largest absolute Gasteiger partial charge is 0.480 e. The second-order valence-corrected chi connectivity index (χ2v) is 5.29. The van der Waals surface area contributed by atoms with Crippen molar-refractivity contribution >= 4 is 17.6 Å². The van der Waals surface area contributed by atoms with Crippen LogP contribution in [0.15, 0.2) is 18.2 Å². The Morgan fingerprint density at radius 2 is 2.00 bits per heavy atom. The van der Waals surface area contributed by atoms with Crippen molar-refractivity contribution in [2.45, 2.75) is 33.3 Å². The molecule has 1 aromatic carbocycles. The van der Waals surface area contributed by atoms with Crippen LogP contribution in [0.1, 0.15) is 37.6 Å². The van der Waals surface area contributed by atoms with E-state index in [0.717, 1.165) is 6.42 Å². The van der Waals surface area contributed by atoms with Crippen molar-refractivity contribution in [3.63, 3.8) is 0 Å². The molecule has 1 atom stereocenters. The molecule has 0 radical (unpaired) electrons. The Labute approximate surface area is 124 Å². The van der Waals surface area contributed by atoms with Gasteiger partial charge in [-0.1, -0.05) is 13.8 Å². The molecule has 0 saturated carbocycles. The van der Waals surface area contributed by atoms with Gasteiger partial charge in [-0.3, -0.25) is 4.79 Å². The van der Waals surface area contributed by atoms with E-state index < -0.39 is 12.1 Å². The highest BCUT2D eigenvalue weighted by molar-refractivity contribution is 5.91. The molecule has 0 fully saturated rings. The predicted octanol–water partition coefficient (Wildman–Crippen LogP) is 1.90. The molecule has 0 spiro atoms. The second-order valence-electron chi connectivity index (χ2n) is 5.29. The van der Waals surface area contributed by atoms with Gasteiger partial charge in [0.1, 0.15) is 11.3 Å². The summed E-state index contributed by atoms with van der Waals surface area (Å²) >= 11 is 0. The third-order valence-electron chi connectivity index (χ3n) is 2.93. The van der Waals surface area contributed by atoms with Gasteiger partial charge >= 0.3 is 5.97 Å². The Morgan fingerprint density at radius 1 is 1.33 bits per heavy atom. The van der Waals surface area contributed by atoms with Gasteiger partial charge in [-0.2, -0.15) is 0 Å². The minimum absolute atomic E-state index is 0.0222. The molecule has 116 valence electrons. The van der Waals surface area contributed by atoms with Crippen molar-refractivity contribution in [1.29, 1.82) is 0 Å². The van der Waals surface area contributed by atoms with Gasteiger partial charge in [0.05, 0.1) is 0 Å². The van der Waals surface area contributed by atoms with E-state index in [4.69, 9.17) is 15.6 Å². The summed E-state index contributed by atoms with van der Waals surface area (Å²) in [6, 6.07) is 4.24. The first-order valence-corrected chi connectivity index (χ1v) is 6.88. The number of nitrogen functional groups attached to an aromatic ring is 1. The molecular formula is C15H22N2O4. The van der Waals surface area contributed by atoms with E-state index in [2.05, 4.69) is 19.2 Å². The van der Waals surface area contributed by atoms with Crippen LogP contribution >= 0.6 is 0 Å². The molecule has 6 heteroatoms. The van der Waals surface area contributed by atoms with E-state index in [1.54, 1.807) is 6.92 Å². The van der Waals surface area contributed by atoms with Crippen molar-refractivity contribution in [3.05, 3.63) is 23.8 Å². The number of benzene rings is 1. The topological polar surface area (TPSA) is 102 Å². The SMILES string of the molecule is CC(C)CCNC(=O)C(C)Oc1cc(N)ccc1C(=O)O. The fourth-order valence-corrected chi connectivity index (χ4v) is 1.68. The maximum atomic E-state index is 11.9. The zero-order valence-corrected chi connectivity index (χ0v) is 12.6. The zero-order valence-electron chi connectivity index (χ0n) is 12.6. The predicted molar refractivity (Wildman–Crippen MR) is 80.4 cm³/mol. The van der Waals surface area contributed by atoms with Gasteiger partial charge in [0.25, 0.3) is 5.91 Å². The van der Waals surface area contributed by atoms with Gasteiger partial charge in [-0.15, -0.1) is 0 Å². The number of hydrogen-bond donors (Lipinski definition) is 3. The lowest BCUT2D eigenvalue weighted by Crippen LogP contribution is -2.37. The Hall–Kier alpha value is -2.24. The van der Waals surface area contributed by atoms with Crippen molar-refractivity contribution in [1.82, 2.24) is 5.32 Å². The zero-order chi connectivity index (χ0) is 16.0. The van der Waals surface area contributed by atoms with Crippen LogP contribution < -0.4 is 15.8 Å². The van der Waals surface area contributed by atoms with Crippen LogP contribution in [-0.4, -0.2) is 29.6 Å². The first kappa shape index (κ1) is 16.8. The molecule has 4 N–H and O–H groups in total. The number of nitrogens with one attached hydrogen (secondary N) is 1. The molecule has 1 amide bonds. The number of amides is 1. The third-order valence-corrected chi connectivity index (χ3v) is 2.93. The molecule has 0 saturated heterocycles. The molecular weight excluding hydrogens is 272 g/mol. The van der Waals surface area contributed by atoms with Crippen molar-refractivity contribution in [2.24, 2.45) is 5.92 Å². The van der Waals surface area contributed by atoms with Crippen LogP contribution in [0.25, 0.3) is 0 Å². The van der Waals surface area contributed by atoms with Gasteiger partial charge in [-0.25, -0.2) is 4.79 Å². The fourth-order valence-electron chi connectivity index (χ4n) is 1.68. The number of ether oxygens (including phenoxy) is 1. The summed E-state index contributed by atoms with van der Waals surface area (Å²) in [5.74, 6) is -0.824. The van der Waals surface area contributed by atoms with Crippen LogP contribution in [0.2, 0.25) is 0 Å². The van der Waals surface area contributed by atoms with E-state index in [1.807, 2.05) is 0 Å². The number of carbonyl (C=O) groups excluding carboxylic acids is 1. The molecule has 6 nitrogen and oxygen atoms in total. The van der Waals surface area contributed by atoms with Crippen LogP contribution in [0.3, 0.4) is 0 Å². The quantitative estimate of drug-likeness (QED) is 0.667. The fraction of sp³-hybridized carbons (Fsp3) is 0.467. The van der Waals surface area contributed by atoms with Gasteiger partial charge in [0.2, 0.25) is 0 Å². The van der Waals surface area contributed by atoms with E-state index in [0.29, 0.717) is 18.2 Å². The van der Waals surface area contributed by atoms with E-state index >= 15 is 0 Å². The summed E-state index contributed by atoms with van der Waals surface area (Å²) in [4.78, 5) is 23.0. The molecule has 1 rings (SSSR count). The number of anilines is 1. The maximum absolute atomic E-state index is 11.9. The van der Waals surface area contributed by atoms with Gasteiger partial charge in [0.15, 0.2) is 6.10 Å². The first-order chi connectivity index (χ1) is 9.81. The lowest BCUT2D eigenvalue weighted by Gasteiger charge is -2.17. The number of carboxylic acids is 1. The average molecular weight is 294 g/mol. The lowest BCUT2D eigenvalue weighted by atomic mass is 10.1. The smallest absolute Gasteiger partial charge is 0.339 e.